The second-order valence-corrected chi connectivity index (χ2v) is 5.60. The Balaban J connectivity index is 1.85. The van der Waals surface area contributed by atoms with Crippen LogP contribution in [0.15, 0.2) is 24.3 Å². The Kier molecular flexibility index (Phi) is 2.45. The molecule has 0 unspecified atom stereocenters. The molecule has 1 fully saturated rings. The summed E-state index contributed by atoms with van der Waals surface area (Å²) in [5.41, 5.74) is 2.91. The molecule has 3 rings (SSSR count). The van der Waals surface area contributed by atoms with Crippen molar-refractivity contribution in [2.75, 3.05) is 24.6 Å². The smallest absolute Gasteiger partial charge is 0.0554 e. The number of nitrogens with zero attached hydrogens (tertiary/aromatic N) is 2. The maximum atomic E-state index is 3.70. The van der Waals surface area contributed by atoms with Crippen molar-refractivity contribution in [3.05, 3.63) is 29.8 Å². The van der Waals surface area contributed by atoms with E-state index in [1.54, 1.807) is 0 Å². The van der Waals surface area contributed by atoms with Crippen molar-refractivity contribution >= 4 is 21.6 Å². The monoisotopic (exact) mass is 266 g/mol. The van der Waals surface area contributed by atoms with Crippen molar-refractivity contribution in [2.24, 2.45) is 0 Å². The molecule has 0 N–H and O–H groups in total. The summed E-state index contributed by atoms with van der Waals surface area (Å²) in [5.74, 6) is 0. The van der Waals surface area contributed by atoms with Crippen LogP contribution in [0.5, 0.6) is 0 Å². The van der Waals surface area contributed by atoms with Gasteiger partial charge >= 0.3 is 0 Å². The van der Waals surface area contributed by atoms with Crippen LogP contribution in [0, 0.1) is 0 Å². The van der Waals surface area contributed by atoms with Gasteiger partial charge in [0.15, 0.2) is 0 Å². The molecule has 0 amide bonds. The summed E-state index contributed by atoms with van der Waals surface area (Å²) in [6.07, 6.45) is 2.46. The molecule has 2 nitrogen and oxygen atoms in total. The van der Waals surface area contributed by atoms with Crippen LogP contribution in [0.2, 0.25) is 0 Å². The van der Waals surface area contributed by atoms with Crippen LogP contribution in [0.4, 0.5) is 5.69 Å². The van der Waals surface area contributed by atoms with Crippen molar-refractivity contribution in [1.29, 1.82) is 0 Å². The van der Waals surface area contributed by atoms with Gasteiger partial charge in [0.1, 0.15) is 0 Å². The molecule has 2 aliphatic heterocycles. The molecule has 15 heavy (non-hydrogen) atoms. The Hall–Kier alpha value is -0.540. The van der Waals surface area contributed by atoms with Crippen LogP contribution in [-0.2, 0) is 6.42 Å². The highest BCUT2D eigenvalue weighted by Gasteiger charge is 2.29. The van der Waals surface area contributed by atoms with E-state index in [4.69, 9.17) is 0 Å². The Morgan fingerprint density at radius 2 is 2.07 bits per heavy atom. The average Bonchev–Trinajstić information content (AvgIpc) is 2.83. The number of hydrogen-bond donors (Lipinski definition) is 0. The van der Waals surface area contributed by atoms with Crippen molar-refractivity contribution in [3.8, 4) is 0 Å². The fraction of sp³-hybridized carbons (Fsp3) is 0.500. The molecule has 2 aliphatic rings. The molecule has 80 valence electrons. The van der Waals surface area contributed by atoms with Gasteiger partial charge in [0.05, 0.1) is 5.69 Å². The van der Waals surface area contributed by atoms with E-state index >= 15 is 0 Å². The highest BCUT2D eigenvalue weighted by atomic mass is 79.9. The molecule has 0 radical (unpaired) electrons. The summed E-state index contributed by atoms with van der Waals surface area (Å²) in [5, 5.41) is 4.93. The van der Waals surface area contributed by atoms with Gasteiger partial charge in [0, 0.05) is 24.5 Å². The molecule has 0 bridgehead atoms. The number of hydrogen-bond acceptors (Lipinski definition) is 2. The van der Waals surface area contributed by atoms with E-state index in [-0.39, 0.29) is 0 Å². The fourth-order valence-corrected chi connectivity index (χ4v) is 3.07. The number of halogens is 1. The molecular weight excluding hydrogens is 252 g/mol. The molecule has 1 saturated heterocycles. The Bertz CT molecular complexity index is 366. The molecule has 1 atom stereocenters. The first-order chi connectivity index (χ1) is 7.34. The van der Waals surface area contributed by atoms with Gasteiger partial charge in [-0.2, -0.15) is 0 Å². The van der Waals surface area contributed by atoms with Gasteiger partial charge in [-0.3, -0.25) is 0 Å². The summed E-state index contributed by atoms with van der Waals surface area (Å²) in [6.45, 7) is 3.48. The van der Waals surface area contributed by atoms with E-state index in [9.17, 15) is 0 Å². The summed E-state index contributed by atoms with van der Waals surface area (Å²) >= 11 is 3.70. The van der Waals surface area contributed by atoms with Crippen molar-refractivity contribution < 1.29 is 0 Å². The highest BCUT2D eigenvalue weighted by Crippen LogP contribution is 2.31. The number of para-hydroxylation sites is 1. The van der Waals surface area contributed by atoms with E-state index in [1.165, 1.54) is 30.6 Å². The third-order valence-electron chi connectivity index (χ3n) is 3.31. The first kappa shape index (κ1) is 9.67. The minimum Gasteiger partial charge on any atom is -0.305 e. The van der Waals surface area contributed by atoms with Gasteiger partial charge in [0.25, 0.3) is 0 Å². The zero-order chi connectivity index (χ0) is 10.3. The van der Waals surface area contributed by atoms with E-state index < -0.39 is 0 Å². The standard InChI is InChI=1S/C12H15BrN2/c13-11-6-7-14(9-11)15-8-5-10-3-1-2-4-12(10)15/h1-4,11H,5-9H2/t11-/m0/s1. The average molecular weight is 267 g/mol. The zero-order valence-corrected chi connectivity index (χ0v) is 10.3. The van der Waals surface area contributed by atoms with Crippen LogP contribution in [0.25, 0.3) is 0 Å². The molecular formula is C12H15BrN2. The van der Waals surface area contributed by atoms with Crippen LogP contribution >= 0.6 is 15.9 Å². The second kappa shape index (κ2) is 3.80. The molecule has 3 heteroatoms. The van der Waals surface area contributed by atoms with Crippen molar-refractivity contribution in [1.82, 2.24) is 5.01 Å². The van der Waals surface area contributed by atoms with Crippen molar-refractivity contribution in [3.63, 3.8) is 0 Å². The second-order valence-electron chi connectivity index (χ2n) is 4.30. The molecule has 1 aromatic rings. The predicted octanol–water partition coefficient (Wildman–Crippen LogP) is 2.43. The zero-order valence-electron chi connectivity index (χ0n) is 8.69. The number of hydrazine groups is 1. The summed E-state index contributed by atoms with van der Waals surface area (Å²) < 4.78 is 0. The minimum atomic E-state index is 0.672. The molecule has 0 aliphatic carbocycles. The Morgan fingerprint density at radius 1 is 1.20 bits per heavy atom. The van der Waals surface area contributed by atoms with E-state index in [1.807, 2.05) is 0 Å². The summed E-state index contributed by atoms with van der Waals surface area (Å²) in [7, 11) is 0. The Labute approximate surface area is 99.0 Å². The first-order valence-corrected chi connectivity index (χ1v) is 6.50. The predicted molar refractivity (Wildman–Crippen MR) is 66.4 cm³/mol. The number of fused-ring (bicyclic) bond motifs is 1. The van der Waals surface area contributed by atoms with Crippen molar-refractivity contribution in [2.45, 2.75) is 17.7 Å². The van der Waals surface area contributed by atoms with Crippen LogP contribution in [0.3, 0.4) is 0 Å². The van der Waals surface area contributed by atoms with Crippen LogP contribution in [-0.4, -0.2) is 29.5 Å². The SMILES string of the molecule is Br[C@H]1CCN(N2CCc3ccccc32)C1. The summed E-state index contributed by atoms with van der Waals surface area (Å²) in [4.78, 5) is 0.672. The largest absolute Gasteiger partial charge is 0.305 e. The quantitative estimate of drug-likeness (QED) is 0.721. The lowest BCUT2D eigenvalue weighted by atomic mass is 10.2. The highest BCUT2D eigenvalue weighted by molar-refractivity contribution is 9.09. The molecule has 0 spiro atoms. The maximum Gasteiger partial charge on any atom is 0.0554 e. The normalized spacial score (nSPS) is 25.9. The number of rotatable bonds is 1. The van der Waals surface area contributed by atoms with Gasteiger partial charge in [-0.05, 0) is 24.5 Å². The first-order valence-electron chi connectivity index (χ1n) is 5.59. The van der Waals surface area contributed by atoms with E-state index in [2.05, 4.69) is 50.2 Å². The third kappa shape index (κ3) is 1.68. The topological polar surface area (TPSA) is 6.48 Å². The van der Waals surface area contributed by atoms with Crippen LogP contribution < -0.4 is 5.01 Å². The van der Waals surface area contributed by atoms with Gasteiger partial charge < -0.3 is 5.01 Å². The fourth-order valence-electron chi connectivity index (χ4n) is 2.53. The number of anilines is 1. The number of alkyl halides is 1. The van der Waals surface area contributed by atoms with E-state index in [0.717, 1.165) is 13.1 Å². The van der Waals surface area contributed by atoms with E-state index in [0.29, 0.717) is 4.83 Å². The lowest BCUT2D eigenvalue weighted by Crippen LogP contribution is -2.40. The lowest BCUT2D eigenvalue weighted by molar-refractivity contribution is 0.317. The minimum absolute atomic E-state index is 0.672. The van der Waals surface area contributed by atoms with Gasteiger partial charge in [-0.15, -0.1) is 0 Å². The molecule has 0 aromatic heterocycles. The van der Waals surface area contributed by atoms with Crippen LogP contribution in [0.1, 0.15) is 12.0 Å². The van der Waals surface area contributed by atoms with Gasteiger partial charge in [-0.25, -0.2) is 5.01 Å². The lowest BCUT2D eigenvalue weighted by Gasteiger charge is -2.30. The third-order valence-corrected chi connectivity index (χ3v) is 4.06. The summed E-state index contributed by atoms with van der Waals surface area (Å²) in [6, 6.07) is 8.76. The molecule has 0 saturated carbocycles. The van der Waals surface area contributed by atoms with Gasteiger partial charge in [-0.1, -0.05) is 34.1 Å². The molecule has 1 aromatic carbocycles. The van der Waals surface area contributed by atoms with Gasteiger partial charge in [0.2, 0.25) is 0 Å². The Morgan fingerprint density at radius 3 is 2.87 bits per heavy atom. The maximum absolute atomic E-state index is 3.70. The number of benzene rings is 1. The molecule has 2 heterocycles.